The minimum absolute atomic E-state index is 0.0563. The van der Waals surface area contributed by atoms with Gasteiger partial charge in [-0.15, -0.1) is 0 Å². The Hall–Kier alpha value is -1.33. The molecule has 0 saturated carbocycles. The smallest absolute Gasteiger partial charge is 0.130 e. The van der Waals surface area contributed by atoms with Crippen LogP contribution < -0.4 is 10.5 Å². The molecule has 5 heteroatoms. The van der Waals surface area contributed by atoms with Crippen LogP contribution in [0.5, 0.6) is 5.75 Å². The van der Waals surface area contributed by atoms with Crippen LogP contribution in [0.3, 0.4) is 0 Å². The van der Waals surface area contributed by atoms with Crippen molar-refractivity contribution in [3.05, 3.63) is 46.5 Å². The molecule has 0 bridgehead atoms. The average molecular weight is 324 g/mol. The van der Waals surface area contributed by atoms with Gasteiger partial charge < -0.3 is 15.0 Å². The number of rotatable bonds is 5. The third-order valence-electron chi connectivity index (χ3n) is 2.98. The number of nitrogens with two attached hydrogens (primary N) is 1. The topological polar surface area (TPSA) is 53.1 Å². The number of hydrogen-bond acceptors (Lipinski definition) is 3. The Labute approximate surface area is 121 Å². The molecular formula is C14H18BrN3O. The van der Waals surface area contributed by atoms with Gasteiger partial charge in [0.2, 0.25) is 0 Å². The van der Waals surface area contributed by atoms with Gasteiger partial charge in [0, 0.05) is 22.6 Å². The fraction of sp³-hybridized carbons (Fsp3) is 0.357. The maximum Gasteiger partial charge on any atom is 0.130 e. The van der Waals surface area contributed by atoms with Crippen LogP contribution in [-0.2, 0) is 13.2 Å². The zero-order valence-electron chi connectivity index (χ0n) is 11.1. The Morgan fingerprint density at radius 3 is 2.95 bits per heavy atom. The molecule has 0 spiro atoms. The molecule has 0 unspecified atom stereocenters. The molecule has 0 aliphatic rings. The van der Waals surface area contributed by atoms with Gasteiger partial charge >= 0.3 is 0 Å². The van der Waals surface area contributed by atoms with Gasteiger partial charge in [-0.3, -0.25) is 0 Å². The molecule has 0 fully saturated rings. The normalized spacial score (nSPS) is 12.4. The SMILES string of the molecule is CCn1cncc1COc1cc(Br)ccc1[C@@H](C)N. The summed E-state index contributed by atoms with van der Waals surface area (Å²) in [7, 11) is 0. The molecule has 2 aromatic rings. The molecule has 4 nitrogen and oxygen atoms in total. The molecule has 0 aliphatic carbocycles. The summed E-state index contributed by atoms with van der Waals surface area (Å²) in [5.41, 5.74) is 8.02. The van der Waals surface area contributed by atoms with Crippen molar-refractivity contribution in [1.82, 2.24) is 9.55 Å². The summed E-state index contributed by atoms with van der Waals surface area (Å²) in [4.78, 5) is 4.13. The largest absolute Gasteiger partial charge is 0.487 e. The first kappa shape index (κ1) is 14.1. The summed E-state index contributed by atoms with van der Waals surface area (Å²) in [6.45, 7) is 5.41. The van der Waals surface area contributed by atoms with E-state index < -0.39 is 0 Å². The molecule has 1 heterocycles. The number of aromatic nitrogens is 2. The van der Waals surface area contributed by atoms with Crippen molar-refractivity contribution in [2.75, 3.05) is 0 Å². The van der Waals surface area contributed by atoms with Crippen LogP contribution in [0.1, 0.15) is 31.1 Å². The van der Waals surface area contributed by atoms with Gasteiger partial charge in [-0.2, -0.15) is 0 Å². The van der Waals surface area contributed by atoms with Crippen LogP contribution in [0.15, 0.2) is 35.2 Å². The molecule has 0 amide bonds. The van der Waals surface area contributed by atoms with Gasteiger partial charge in [-0.05, 0) is 26.0 Å². The highest BCUT2D eigenvalue weighted by Crippen LogP contribution is 2.28. The third kappa shape index (κ3) is 3.36. The Morgan fingerprint density at radius 1 is 1.47 bits per heavy atom. The Morgan fingerprint density at radius 2 is 2.26 bits per heavy atom. The van der Waals surface area contributed by atoms with Crippen LogP contribution in [0, 0.1) is 0 Å². The van der Waals surface area contributed by atoms with Crippen molar-refractivity contribution in [3.63, 3.8) is 0 Å². The maximum atomic E-state index is 5.96. The summed E-state index contributed by atoms with van der Waals surface area (Å²) in [5, 5.41) is 0. The number of aryl methyl sites for hydroxylation is 1. The van der Waals surface area contributed by atoms with E-state index in [1.165, 1.54) is 0 Å². The van der Waals surface area contributed by atoms with Crippen LogP contribution in [0.4, 0.5) is 0 Å². The second kappa shape index (κ2) is 6.21. The average Bonchev–Trinajstić information content (AvgIpc) is 2.83. The fourth-order valence-electron chi connectivity index (χ4n) is 1.91. The Kier molecular flexibility index (Phi) is 4.61. The molecule has 2 rings (SSSR count). The monoisotopic (exact) mass is 323 g/mol. The zero-order chi connectivity index (χ0) is 13.8. The summed E-state index contributed by atoms with van der Waals surface area (Å²) in [6.07, 6.45) is 3.64. The predicted octanol–water partition coefficient (Wildman–Crippen LogP) is 3.26. The van der Waals surface area contributed by atoms with E-state index in [2.05, 4.69) is 32.4 Å². The van der Waals surface area contributed by atoms with E-state index in [0.29, 0.717) is 6.61 Å². The van der Waals surface area contributed by atoms with Gasteiger partial charge in [-0.25, -0.2) is 4.98 Å². The second-order valence-corrected chi connectivity index (χ2v) is 5.35. The number of hydrogen-bond donors (Lipinski definition) is 1. The van der Waals surface area contributed by atoms with Crippen molar-refractivity contribution >= 4 is 15.9 Å². The van der Waals surface area contributed by atoms with E-state index in [-0.39, 0.29) is 6.04 Å². The van der Waals surface area contributed by atoms with Crippen molar-refractivity contribution in [2.24, 2.45) is 5.73 Å². The van der Waals surface area contributed by atoms with E-state index in [9.17, 15) is 0 Å². The standard InChI is InChI=1S/C14H18BrN3O/c1-3-18-9-17-7-12(18)8-19-14-6-11(15)4-5-13(14)10(2)16/h4-7,9-10H,3,8,16H2,1-2H3/t10-/m1/s1. The summed E-state index contributed by atoms with van der Waals surface area (Å²) >= 11 is 3.45. The second-order valence-electron chi connectivity index (χ2n) is 4.43. The molecular weight excluding hydrogens is 306 g/mol. The maximum absolute atomic E-state index is 5.96. The van der Waals surface area contributed by atoms with Gasteiger partial charge in [0.05, 0.1) is 18.2 Å². The van der Waals surface area contributed by atoms with Gasteiger partial charge in [0.25, 0.3) is 0 Å². The number of imidazole rings is 1. The molecule has 2 N–H and O–H groups in total. The first-order valence-corrected chi connectivity index (χ1v) is 7.08. The lowest BCUT2D eigenvalue weighted by Gasteiger charge is -2.15. The Bertz CT molecular complexity index is 551. The van der Waals surface area contributed by atoms with E-state index in [0.717, 1.165) is 28.0 Å². The van der Waals surface area contributed by atoms with E-state index in [1.54, 1.807) is 0 Å². The number of benzene rings is 1. The summed E-state index contributed by atoms with van der Waals surface area (Å²) in [6, 6.07) is 5.85. The summed E-state index contributed by atoms with van der Waals surface area (Å²) in [5.74, 6) is 0.813. The minimum atomic E-state index is -0.0563. The van der Waals surface area contributed by atoms with E-state index >= 15 is 0 Å². The first-order chi connectivity index (χ1) is 9.11. The van der Waals surface area contributed by atoms with E-state index in [4.69, 9.17) is 10.5 Å². The summed E-state index contributed by atoms with van der Waals surface area (Å²) < 4.78 is 8.94. The van der Waals surface area contributed by atoms with Crippen molar-refractivity contribution < 1.29 is 4.74 Å². The quantitative estimate of drug-likeness (QED) is 0.918. The number of halogens is 1. The molecule has 1 aromatic carbocycles. The first-order valence-electron chi connectivity index (χ1n) is 6.28. The van der Waals surface area contributed by atoms with E-state index in [1.807, 2.05) is 37.6 Å². The predicted molar refractivity (Wildman–Crippen MR) is 79.0 cm³/mol. The highest BCUT2D eigenvalue weighted by atomic mass is 79.9. The minimum Gasteiger partial charge on any atom is -0.487 e. The molecule has 0 aliphatic heterocycles. The van der Waals surface area contributed by atoms with Crippen LogP contribution in [-0.4, -0.2) is 9.55 Å². The van der Waals surface area contributed by atoms with Crippen LogP contribution in [0.2, 0.25) is 0 Å². The fourth-order valence-corrected chi connectivity index (χ4v) is 2.25. The molecule has 0 radical (unpaired) electrons. The molecule has 0 saturated heterocycles. The number of ether oxygens (including phenoxy) is 1. The van der Waals surface area contributed by atoms with Crippen molar-refractivity contribution in [3.8, 4) is 5.75 Å². The molecule has 1 atom stereocenters. The van der Waals surface area contributed by atoms with Crippen LogP contribution in [0.25, 0.3) is 0 Å². The zero-order valence-corrected chi connectivity index (χ0v) is 12.7. The highest BCUT2D eigenvalue weighted by molar-refractivity contribution is 9.10. The van der Waals surface area contributed by atoms with Crippen molar-refractivity contribution in [2.45, 2.75) is 33.0 Å². The lowest BCUT2D eigenvalue weighted by molar-refractivity contribution is 0.291. The lowest BCUT2D eigenvalue weighted by atomic mass is 10.1. The number of nitrogens with zero attached hydrogens (tertiary/aromatic N) is 2. The Balaban J connectivity index is 2.17. The molecule has 1 aromatic heterocycles. The van der Waals surface area contributed by atoms with Gasteiger partial charge in [0.15, 0.2) is 0 Å². The molecule has 19 heavy (non-hydrogen) atoms. The van der Waals surface area contributed by atoms with Crippen LogP contribution >= 0.6 is 15.9 Å². The van der Waals surface area contributed by atoms with Gasteiger partial charge in [-0.1, -0.05) is 22.0 Å². The lowest BCUT2D eigenvalue weighted by Crippen LogP contribution is -2.09. The molecule has 102 valence electrons. The highest BCUT2D eigenvalue weighted by Gasteiger charge is 2.10. The van der Waals surface area contributed by atoms with Gasteiger partial charge in [0.1, 0.15) is 12.4 Å². The third-order valence-corrected chi connectivity index (χ3v) is 3.47. The van der Waals surface area contributed by atoms with Crippen molar-refractivity contribution in [1.29, 1.82) is 0 Å².